The first-order chi connectivity index (χ1) is 10.5. The lowest BCUT2D eigenvalue weighted by molar-refractivity contribution is -0.122. The summed E-state index contributed by atoms with van der Waals surface area (Å²) in [6, 6.07) is 7.42. The van der Waals surface area contributed by atoms with Gasteiger partial charge in [0.15, 0.2) is 6.10 Å². The molecule has 1 aromatic carbocycles. The number of ether oxygens (including phenoxy) is 1. The van der Waals surface area contributed by atoms with Gasteiger partial charge in [0.2, 0.25) is 0 Å². The van der Waals surface area contributed by atoms with Crippen LogP contribution >= 0.6 is 0 Å². The first-order valence-electron chi connectivity index (χ1n) is 6.51. The van der Waals surface area contributed by atoms with Gasteiger partial charge in [-0.3, -0.25) is 14.4 Å². The summed E-state index contributed by atoms with van der Waals surface area (Å²) in [5, 5.41) is 11.1. The molecule has 2 amide bonds. The fourth-order valence-corrected chi connectivity index (χ4v) is 1.95. The van der Waals surface area contributed by atoms with Crippen molar-refractivity contribution < 1.29 is 14.3 Å². The Morgan fingerprint density at radius 2 is 2.09 bits per heavy atom. The number of nitrogens with zero attached hydrogens (tertiary/aromatic N) is 1. The number of carbonyl (C=O) groups excluding carboxylic acids is 2. The third-order valence-electron chi connectivity index (χ3n) is 3.08. The highest BCUT2D eigenvalue weighted by Gasteiger charge is 2.23. The number of aromatic nitrogens is 2. The molecule has 1 atom stereocenters. The lowest BCUT2D eigenvalue weighted by atomic mass is 10.2. The molecular weight excluding hydrogens is 288 g/mol. The van der Waals surface area contributed by atoms with Crippen LogP contribution in [0.3, 0.4) is 0 Å². The maximum atomic E-state index is 12.0. The average Bonchev–Trinajstić information content (AvgIpc) is 2.49. The molecule has 0 saturated carbocycles. The number of nitrogens with one attached hydrogen (secondary N) is 3. The molecule has 0 bridgehead atoms. The van der Waals surface area contributed by atoms with E-state index in [0.717, 1.165) is 0 Å². The molecule has 0 aliphatic carbocycles. The van der Waals surface area contributed by atoms with E-state index < -0.39 is 12.0 Å². The summed E-state index contributed by atoms with van der Waals surface area (Å²) >= 11 is 0. The van der Waals surface area contributed by atoms with Gasteiger partial charge in [-0.25, -0.2) is 5.10 Å². The van der Waals surface area contributed by atoms with Gasteiger partial charge in [-0.1, -0.05) is 0 Å². The van der Waals surface area contributed by atoms with Crippen molar-refractivity contribution >= 4 is 23.2 Å². The Balaban J connectivity index is 1.80. The number of amides is 2. The van der Waals surface area contributed by atoms with Crippen molar-refractivity contribution in [2.45, 2.75) is 13.0 Å². The second-order valence-corrected chi connectivity index (χ2v) is 4.72. The molecule has 3 rings (SSSR count). The van der Waals surface area contributed by atoms with Crippen LogP contribution in [0.25, 0.3) is 0 Å². The number of H-pyrrole nitrogens is 1. The van der Waals surface area contributed by atoms with Crippen LogP contribution in [0.2, 0.25) is 0 Å². The van der Waals surface area contributed by atoms with E-state index in [4.69, 9.17) is 4.74 Å². The van der Waals surface area contributed by atoms with Crippen molar-refractivity contribution in [2.24, 2.45) is 0 Å². The quantitative estimate of drug-likeness (QED) is 0.757. The summed E-state index contributed by atoms with van der Waals surface area (Å²) in [5.41, 5.74) is 0.635. The highest BCUT2D eigenvalue weighted by atomic mass is 16.5. The Morgan fingerprint density at radius 3 is 2.82 bits per heavy atom. The summed E-state index contributed by atoms with van der Waals surface area (Å²) < 4.78 is 5.43. The molecule has 8 heteroatoms. The van der Waals surface area contributed by atoms with Crippen molar-refractivity contribution in [3.05, 3.63) is 46.4 Å². The maximum absolute atomic E-state index is 12.0. The third-order valence-corrected chi connectivity index (χ3v) is 3.08. The van der Waals surface area contributed by atoms with E-state index >= 15 is 0 Å². The Kier molecular flexibility index (Phi) is 3.34. The summed E-state index contributed by atoms with van der Waals surface area (Å²) in [6.07, 6.45) is -0.557. The lowest BCUT2D eigenvalue weighted by Crippen LogP contribution is -2.34. The zero-order valence-corrected chi connectivity index (χ0v) is 11.5. The average molecular weight is 300 g/mol. The monoisotopic (exact) mass is 300 g/mol. The van der Waals surface area contributed by atoms with Crippen molar-refractivity contribution in [3.63, 3.8) is 0 Å². The van der Waals surface area contributed by atoms with Crippen LogP contribution in [0.1, 0.15) is 17.4 Å². The Bertz CT molecular complexity index is 794. The van der Waals surface area contributed by atoms with Crippen LogP contribution in [0.4, 0.5) is 11.4 Å². The Hall–Kier alpha value is -3.16. The number of hydrogen-bond donors (Lipinski definition) is 3. The first kappa shape index (κ1) is 13.8. The number of fused-ring (bicyclic) bond motifs is 1. The van der Waals surface area contributed by atoms with Crippen molar-refractivity contribution in [2.75, 3.05) is 10.6 Å². The van der Waals surface area contributed by atoms with E-state index in [9.17, 15) is 14.4 Å². The Morgan fingerprint density at radius 1 is 1.27 bits per heavy atom. The zero-order valence-electron chi connectivity index (χ0n) is 11.5. The number of benzene rings is 1. The van der Waals surface area contributed by atoms with Crippen molar-refractivity contribution in [3.8, 4) is 5.75 Å². The van der Waals surface area contributed by atoms with Crippen LogP contribution in [0, 0.1) is 0 Å². The first-order valence-corrected chi connectivity index (χ1v) is 6.51. The number of aromatic amines is 1. The van der Waals surface area contributed by atoms with Gasteiger partial charge in [0.1, 0.15) is 11.4 Å². The molecule has 0 fully saturated rings. The molecule has 2 heterocycles. The number of anilines is 2. The summed E-state index contributed by atoms with van der Waals surface area (Å²) in [5.74, 6) is -0.196. The molecule has 0 radical (unpaired) electrons. The minimum absolute atomic E-state index is 0.0752. The molecule has 1 aromatic heterocycles. The minimum Gasteiger partial charge on any atom is -0.479 e. The van der Waals surface area contributed by atoms with E-state index in [0.29, 0.717) is 17.1 Å². The molecule has 1 aliphatic heterocycles. The van der Waals surface area contributed by atoms with Crippen LogP contribution < -0.4 is 20.9 Å². The van der Waals surface area contributed by atoms with Gasteiger partial charge in [0.05, 0.1) is 5.69 Å². The van der Waals surface area contributed by atoms with E-state index in [1.807, 2.05) is 0 Å². The summed E-state index contributed by atoms with van der Waals surface area (Å²) in [7, 11) is 0. The predicted octanol–water partition coefficient (Wildman–Crippen LogP) is 0.742. The smallest absolute Gasteiger partial charge is 0.276 e. The van der Waals surface area contributed by atoms with Gasteiger partial charge in [-0.15, -0.1) is 0 Å². The van der Waals surface area contributed by atoms with Crippen molar-refractivity contribution in [1.29, 1.82) is 0 Å². The lowest BCUT2D eigenvalue weighted by Gasteiger charge is -2.23. The molecular formula is C14H12N4O4. The molecule has 22 heavy (non-hydrogen) atoms. The predicted molar refractivity (Wildman–Crippen MR) is 78.0 cm³/mol. The van der Waals surface area contributed by atoms with Gasteiger partial charge < -0.3 is 15.4 Å². The highest BCUT2D eigenvalue weighted by molar-refractivity contribution is 6.04. The minimum atomic E-state index is -0.557. The molecule has 8 nitrogen and oxygen atoms in total. The third kappa shape index (κ3) is 2.66. The molecule has 3 N–H and O–H groups in total. The second kappa shape index (κ2) is 5.32. The van der Waals surface area contributed by atoms with Gasteiger partial charge in [-0.05, 0) is 31.2 Å². The van der Waals surface area contributed by atoms with Gasteiger partial charge in [0.25, 0.3) is 17.4 Å². The number of hydrogen-bond acceptors (Lipinski definition) is 5. The standard InChI is InChI=1S/C14H12N4O4/c1-7-13(20)16-10-6-8(2-4-11(10)22-7)15-14(21)9-3-5-12(19)18-17-9/h2-7H,1H3,(H,15,21)(H,16,20)(H,18,19). The SMILES string of the molecule is CC1Oc2ccc(NC(=O)c3ccc(=O)[nH]n3)cc2NC1=O. The Labute approximate surface area is 124 Å². The molecule has 0 spiro atoms. The summed E-state index contributed by atoms with van der Waals surface area (Å²) in [4.78, 5) is 34.5. The van der Waals surface area contributed by atoms with E-state index in [1.54, 1.807) is 25.1 Å². The molecule has 1 unspecified atom stereocenters. The van der Waals surface area contributed by atoms with Crippen molar-refractivity contribution in [1.82, 2.24) is 10.2 Å². The van der Waals surface area contributed by atoms with Crippen LogP contribution in [-0.4, -0.2) is 28.1 Å². The van der Waals surface area contributed by atoms with E-state index in [-0.39, 0.29) is 17.2 Å². The fraction of sp³-hybridized carbons (Fsp3) is 0.143. The second-order valence-electron chi connectivity index (χ2n) is 4.72. The number of rotatable bonds is 2. The normalized spacial score (nSPS) is 16.2. The van der Waals surface area contributed by atoms with E-state index in [1.165, 1.54) is 12.1 Å². The topological polar surface area (TPSA) is 113 Å². The van der Waals surface area contributed by atoms with Crippen LogP contribution in [0.5, 0.6) is 5.75 Å². The molecule has 0 saturated heterocycles. The molecule has 112 valence electrons. The summed E-state index contributed by atoms with van der Waals surface area (Å²) in [6.45, 7) is 1.65. The van der Waals surface area contributed by atoms with Crippen LogP contribution in [-0.2, 0) is 4.79 Å². The maximum Gasteiger partial charge on any atom is 0.276 e. The van der Waals surface area contributed by atoms with Gasteiger partial charge in [-0.2, -0.15) is 5.10 Å². The largest absolute Gasteiger partial charge is 0.479 e. The molecule has 2 aromatic rings. The molecule has 1 aliphatic rings. The zero-order chi connectivity index (χ0) is 15.7. The van der Waals surface area contributed by atoms with Crippen LogP contribution in [0.15, 0.2) is 35.1 Å². The highest BCUT2D eigenvalue weighted by Crippen LogP contribution is 2.32. The van der Waals surface area contributed by atoms with Gasteiger partial charge >= 0.3 is 0 Å². The van der Waals surface area contributed by atoms with E-state index in [2.05, 4.69) is 20.8 Å². The fourth-order valence-electron chi connectivity index (χ4n) is 1.95. The number of carbonyl (C=O) groups is 2. The van der Waals surface area contributed by atoms with Gasteiger partial charge in [0, 0.05) is 11.8 Å².